The predicted octanol–water partition coefficient (Wildman–Crippen LogP) is 5.81. The molecule has 0 aliphatic carbocycles. The van der Waals surface area contributed by atoms with Gasteiger partial charge in [-0.05, 0) is 52.7 Å². The molecule has 0 bridgehead atoms. The Kier molecular flexibility index (Phi) is 15.5. The van der Waals surface area contributed by atoms with Crippen LogP contribution in [0, 0.1) is 0 Å². The number of rotatable bonds is 14. The minimum Gasteiger partial charge on any atom is -0.309 e. The number of unbranched alkanes of at least 4 members (excludes halogenated alkanes) is 10. The van der Waals surface area contributed by atoms with Crippen molar-refractivity contribution in [2.24, 2.45) is 0 Å². The average Bonchev–Trinajstić information content (AvgIpc) is 2.39. The van der Waals surface area contributed by atoms with Gasteiger partial charge in [0.25, 0.3) is 0 Å². The summed E-state index contributed by atoms with van der Waals surface area (Å²) in [6.07, 6.45) is 21.4. The van der Waals surface area contributed by atoms with Crippen LogP contribution in [0.25, 0.3) is 0 Å². The van der Waals surface area contributed by atoms with E-state index in [0.717, 1.165) is 0 Å². The zero-order valence-electron chi connectivity index (χ0n) is 13.8. The van der Waals surface area contributed by atoms with E-state index >= 15 is 0 Å². The molecule has 0 unspecified atom stereocenters. The SMILES string of the molecule is CCCCCCCCC=CCCCCCCN(C)C. The molecule has 1 heteroatoms. The Morgan fingerprint density at radius 2 is 1.11 bits per heavy atom. The molecule has 1 nitrogen and oxygen atoms in total. The second kappa shape index (κ2) is 15.8. The third-order valence-corrected chi connectivity index (χ3v) is 3.62. The van der Waals surface area contributed by atoms with Crippen LogP contribution < -0.4 is 0 Å². The molecule has 0 saturated carbocycles. The molecule has 0 radical (unpaired) electrons. The van der Waals surface area contributed by atoms with Crippen molar-refractivity contribution in [2.75, 3.05) is 20.6 Å². The maximum atomic E-state index is 2.40. The van der Waals surface area contributed by atoms with Gasteiger partial charge in [0.1, 0.15) is 0 Å². The van der Waals surface area contributed by atoms with Crippen molar-refractivity contribution in [1.82, 2.24) is 4.90 Å². The Labute approximate surface area is 122 Å². The van der Waals surface area contributed by atoms with Crippen LogP contribution in [0.2, 0.25) is 0 Å². The first-order valence-corrected chi connectivity index (χ1v) is 8.57. The molecule has 0 saturated heterocycles. The van der Waals surface area contributed by atoms with Crippen molar-refractivity contribution < 1.29 is 0 Å². The summed E-state index contributed by atoms with van der Waals surface area (Å²) < 4.78 is 0. The van der Waals surface area contributed by atoms with Gasteiger partial charge in [0.05, 0.1) is 0 Å². The minimum absolute atomic E-state index is 1.24. The van der Waals surface area contributed by atoms with E-state index in [1.165, 1.54) is 83.6 Å². The normalized spacial score (nSPS) is 11.8. The van der Waals surface area contributed by atoms with Gasteiger partial charge in [0.15, 0.2) is 0 Å². The smallest absolute Gasteiger partial charge is 0.00248 e. The Bertz CT molecular complexity index is 184. The summed E-state index contributed by atoms with van der Waals surface area (Å²) in [6, 6.07) is 0. The lowest BCUT2D eigenvalue weighted by Crippen LogP contribution is -2.12. The molecule has 0 aromatic heterocycles. The quantitative estimate of drug-likeness (QED) is 0.284. The molecular weight excluding hydrogens is 230 g/mol. The first-order chi connectivity index (χ1) is 9.27. The third-order valence-electron chi connectivity index (χ3n) is 3.62. The van der Waals surface area contributed by atoms with E-state index in [9.17, 15) is 0 Å². The number of hydrogen-bond acceptors (Lipinski definition) is 1. The second-order valence-corrected chi connectivity index (χ2v) is 6.03. The van der Waals surface area contributed by atoms with Crippen molar-refractivity contribution in [1.29, 1.82) is 0 Å². The van der Waals surface area contributed by atoms with Gasteiger partial charge in [-0.2, -0.15) is 0 Å². The summed E-state index contributed by atoms with van der Waals surface area (Å²) in [6.45, 7) is 3.52. The van der Waals surface area contributed by atoms with Crippen molar-refractivity contribution in [3.8, 4) is 0 Å². The van der Waals surface area contributed by atoms with E-state index in [1.54, 1.807) is 0 Å². The van der Waals surface area contributed by atoms with Gasteiger partial charge in [0.2, 0.25) is 0 Å². The molecule has 19 heavy (non-hydrogen) atoms. The fraction of sp³-hybridized carbons (Fsp3) is 0.889. The summed E-state index contributed by atoms with van der Waals surface area (Å²) in [5.74, 6) is 0. The van der Waals surface area contributed by atoms with Gasteiger partial charge in [-0.1, -0.05) is 64.0 Å². The maximum absolute atomic E-state index is 2.40. The molecule has 0 fully saturated rings. The van der Waals surface area contributed by atoms with Crippen LogP contribution >= 0.6 is 0 Å². The first-order valence-electron chi connectivity index (χ1n) is 8.57. The van der Waals surface area contributed by atoms with Crippen LogP contribution in [-0.4, -0.2) is 25.5 Å². The summed E-state index contributed by atoms with van der Waals surface area (Å²) in [5, 5.41) is 0. The van der Waals surface area contributed by atoms with Gasteiger partial charge in [-0.25, -0.2) is 0 Å². The molecule has 0 atom stereocenters. The Hall–Kier alpha value is -0.300. The lowest BCUT2D eigenvalue weighted by molar-refractivity contribution is 0.390. The van der Waals surface area contributed by atoms with Crippen LogP contribution in [0.4, 0.5) is 0 Å². The molecule has 0 spiro atoms. The van der Waals surface area contributed by atoms with Crippen LogP contribution in [-0.2, 0) is 0 Å². The Balaban J connectivity index is 3.05. The molecule has 0 N–H and O–H groups in total. The van der Waals surface area contributed by atoms with Gasteiger partial charge in [-0.15, -0.1) is 0 Å². The highest BCUT2D eigenvalue weighted by molar-refractivity contribution is 4.81. The second-order valence-electron chi connectivity index (χ2n) is 6.03. The van der Waals surface area contributed by atoms with Crippen molar-refractivity contribution >= 4 is 0 Å². The summed E-state index contributed by atoms with van der Waals surface area (Å²) >= 11 is 0. The van der Waals surface area contributed by atoms with Gasteiger partial charge in [0, 0.05) is 0 Å². The van der Waals surface area contributed by atoms with Gasteiger partial charge < -0.3 is 4.90 Å². The Morgan fingerprint density at radius 3 is 1.63 bits per heavy atom. The molecule has 0 aromatic rings. The minimum atomic E-state index is 1.24. The average molecular weight is 268 g/mol. The standard InChI is InChI=1S/C18H37N/c1-4-5-6-7-8-9-10-11-12-13-14-15-16-17-18-19(2)3/h11-12H,4-10,13-18H2,1-3H3. The van der Waals surface area contributed by atoms with Gasteiger partial charge in [-0.3, -0.25) is 0 Å². The highest BCUT2D eigenvalue weighted by Gasteiger charge is 1.91. The van der Waals surface area contributed by atoms with Crippen LogP contribution in [0.1, 0.15) is 84.0 Å². The zero-order chi connectivity index (χ0) is 14.2. The van der Waals surface area contributed by atoms with E-state index in [0.29, 0.717) is 0 Å². The van der Waals surface area contributed by atoms with Crippen molar-refractivity contribution in [3.05, 3.63) is 12.2 Å². The molecule has 0 amide bonds. The third kappa shape index (κ3) is 17.7. The maximum Gasteiger partial charge on any atom is -0.00248 e. The lowest BCUT2D eigenvalue weighted by Gasteiger charge is -2.07. The molecule has 0 aliphatic rings. The van der Waals surface area contributed by atoms with E-state index in [4.69, 9.17) is 0 Å². The predicted molar refractivity (Wildman–Crippen MR) is 88.8 cm³/mol. The van der Waals surface area contributed by atoms with Crippen molar-refractivity contribution in [3.63, 3.8) is 0 Å². The van der Waals surface area contributed by atoms with E-state index in [1.807, 2.05) is 0 Å². The summed E-state index contributed by atoms with van der Waals surface area (Å²) in [7, 11) is 4.32. The van der Waals surface area contributed by atoms with Crippen LogP contribution in [0.3, 0.4) is 0 Å². The molecular formula is C18H37N. The van der Waals surface area contributed by atoms with E-state index in [-0.39, 0.29) is 0 Å². The lowest BCUT2D eigenvalue weighted by atomic mass is 10.1. The fourth-order valence-corrected chi connectivity index (χ4v) is 2.32. The highest BCUT2D eigenvalue weighted by Crippen LogP contribution is 2.08. The number of hydrogen-bond donors (Lipinski definition) is 0. The molecule has 0 aliphatic heterocycles. The van der Waals surface area contributed by atoms with Gasteiger partial charge >= 0.3 is 0 Å². The van der Waals surface area contributed by atoms with Crippen LogP contribution in [0.15, 0.2) is 12.2 Å². The number of allylic oxidation sites excluding steroid dienone is 2. The van der Waals surface area contributed by atoms with E-state index in [2.05, 4.69) is 38.1 Å². The molecule has 0 rings (SSSR count). The van der Waals surface area contributed by atoms with Crippen LogP contribution in [0.5, 0.6) is 0 Å². The summed E-state index contributed by atoms with van der Waals surface area (Å²) in [5.41, 5.74) is 0. The monoisotopic (exact) mass is 267 g/mol. The molecule has 114 valence electrons. The topological polar surface area (TPSA) is 3.24 Å². The summed E-state index contributed by atoms with van der Waals surface area (Å²) in [4.78, 5) is 2.28. The molecule has 0 heterocycles. The molecule has 0 aromatic carbocycles. The zero-order valence-corrected chi connectivity index (χ0v) is 13.8. The Morgan fingerprint density at radius 1 is 0.632 bits per heavy atom. The van der Waals surface area contributed by atoms with E-state index < -0.39 is 0 Å². The largest absolute Gasteiger partial charge is 0.309 e. The van der Waals surface area contributed by atoms with Crippen molar-refractivity contribution in [2.45, 2.75) is 84.0 Å². The first kappa shape index (κ1) is 18.7. The highest BCUT2D eigenvalue weighted by atomic mass is 15.0. The number of nitrogens with zero attached hydrogens (tertiary/aromatic N) is 1. The fourth-order valence-electron chi connectivity index (χ4n) is 2.32.